The summed E-state index contributed by atoms with van der Waals surface area (Å²) in [4.78, 5) is 10.0. The number of nitrogens with one attached hydrogen (secondary N) is 1. The van der Waals surface area contributed by atoms with Crippen LogP contribution in [0.5, 0.6) is 0 Å². The molecule has 1 N–H and O–H groups in total. The second-order valence-corrected chi connectivity index (χ2v) is 7.88. The Bertz CT molecular complexity index is 626. The van der Waals surface area contributed by atoms with Gasteiger partial charge in [-0.15, -0.1) is 24.0 Å². The van der Waals surface area contributed by atoms with E-state index in [0.29, 0.717) is 12.0 Å². The number of guanidine groups is 1. The molecule has 3 atom stereocenters. The van der Waals surface area contributed by atoms with Crippen molar-refractivity contribution in [3.05, 3.63) is 35.4 Å². The van der Waals surface area contributed by atoms with Gasteiger partial charge in [0.2, 0.25) is 0 Å². The summed E-state index contributed by atoms with van der Waals surface area (Å²) < 4.78 is 0. The molecule has 2 heterocycles. The van der Waals surface area contributed by atoms with E-state index in [1.807, 2.05) is 0 Å². The molecule has 1 aromatic rings. The topological polar surface area (TPSA) is 30.9 Å². The predicted octanol–water partition coefficient (Wildman–Crippen LogP) is 3.60. The summed E-state index contributed by atoms with van der Waals surface area (Å²) in [6.45, 7) is 10.1. The first-order valence-electron chi connectivity index (χ1n) is 10.1. The maximum absolute atomic E-state index is 4.81. The highest BCUT2D eigenvalue weighted by molar-refractivity contribution is 14.0. The van der Waals surface area contributed by atoms with Crippen molar-refractivity contribution in [3.63, 3.8) is 0 Å². The quantitative estimate of drug-likeness (QED) is 0.416. The summed E-state index contributed by atoms with van der Waals surface area (Å²) >= 11 is 0. The molecule has 4 nitrogen and oxygen atoms in total. The van der Waals surface area contributed by atoms with Gasteiger partial charge in [-0.25, -0.2) is 0 Å². The maximum Gasteiger partial charge on any atom is 0.194 e. The highest BCUT2D eigenvalue weighted by atomic mass is 127. The third-order valence-corrected chi connectivity index (χ3v) is 6.12. The molecule has 2 aliphatic heterocycles. The monoisotopic (exact) mass is 468 g/mol. The van der Waals surface area contributed by atoms with Crippen LogP contribution in [0.15, 0.2) is 29.3 Å². The first-order valence-corrected chi connectivity index (χ1v) is 10.1. The summed E-state index contributed by atoms with van der Waals surface area (Å²) in [5.74, 6) is 1.80. The zero-order valence-corrected chi connectivity index (χ0v) is 18.5. The van der Waals surface area contributed by atoms with Crippen LogP contribution in [0.3, 0.4) is 0 Å². The summed E-state index contributed by atoms with van der Waals surface area (Å²) in [6.07, 6.45) is 5.28. The van der Waals surface area contributed by atoms with Crippen LogP contribution in [0.2, 0.25) is 0 Å². The van der Waals surface area contributed by atoms with Crippen LogP contribution in [-0.4, -0.2) is 60.6 Å². The maximum atomic E-state index is 4.81. The molecule has 1 saturated carbocycles. The fourth-order valence-corrected chi connectivity index (χ4v) is 4.59. The van der Waals surface area contributed by atoms with E-state index in [0.717, 1.165) is 31.6 Å². The molecule has 0 bridgehead atoms. The van der Waals surface area contributed by atoms with Gasteiger partial charge in [0.1, 0.15) is 0 Å². The number of benzene rings is 1. The zero-order valence-electron chi connectivity index (χ0n) is 16.2. The van der Waals surface area contributed by atoms with Crippen molar-refractivity contribution < 1.29 is 0 Å². The second kappa shape index (κ2) is 8.91. The van der Waals surface area contributed by atoms with Crippen LogP contribution in [0.1, 0.15) is 49.7 Å². The number of halogens is 1. The Kier molecular flexibility index (Phi) is 6.83. The minimum Gasteiger partial charge on any atom is -0.353 e. The van der Waals surface area contributed by atoms with Gasteiger partial charge in [0, 0.05) is 37.6 Å². The van der Waals surface area contributed by atoms with Gasteiger partial charge in [0.05, 0.1) is 0 Å². The van der Waals surface area contributed by atoms with Gasteiger partial charge >= 0.3 is 0 Å². The average Bonchev–Trinajstić information content (AvgIpc) is 3.05. The van der Waals surface area contributed by atoms with E-state index in [2.05, 4.69) is 53.2 Å². The van der Waals surface area contributed by atoms with E-state index < -0.39 is 0 Å². The highest BCUT2D eigenvalue weighted by Gasteiger charge is 2.41. The molecule has 0 radical (unpaired) electrons. The molecule has 26 heavy (non-hydrogen) atoms. The van der Waals surface area contributed by atoms with E-state index in [-0.39, 0.29) is 24.0 Å². The van der Waals surface area contributed by atoms with Gasteiger partial charge < -0.3 is 10.2 Å². The Labute approximate surface area is 175 Å². The molecular weight excluding hydrogens is 435 g/mol. The highest BCUT2D eigenvalue weighted by Crippen LogP contribution is 2.42. The summed E-state index contributed by atoms with van der Waals surface area (Å²) in [5.41, 5.74) is 2.92. The minimum atomic E-state index is 0. The molecule has 0 spiro atoms. The number of likely N-dealkylation sites (tertiary alicyclic amines) is 2. The van der Waals surface area contributed by atoms with Crippen molar-refractivity contribution >= 4 is 29.9 Å². The first kappa shape index (κ1) is 19.9. The van der Waals surface area contributed by atoms with E-state index >= 15 is 0 Å². The van der Waals surface area contributed by atoms with Crippen molar-refractivity contribution in [2.45, 2.75) is 57.5 Å². The lowest BCUT2D eigenvalue weighted by Gasteiger charge is -2.25. The zero-order chi connectivity index (χ0) is 17.2. The lowest BCUT2D eigenvalue weighted by Crippen LogP contribution is -2.43. The summed E-state index contributed by atoms with van der Waals surface area (Å²) in [5, 5.41) is 3.78. The fraction of sp³-hybridized carbons (Fsp3) is 0.667. The smallest absolute Gasteiger partial charge is 0.194 e. The van der Waals surface area contributed by atoms with Crippen molar-refractivity contribution in [1.29, 1.82) is 0 Å². The average molecular weight is 468 g/mol. The number of hydrogen-bond acceptors (Lipinski definition) is 2. The van der Waals surface area contributed by atoms with Crippen LogP contribution in [-0.2, 0) is 0 Å². The number of hydrogen-bond donors (Lipinski definition) is 1. The molecule has 3 unspecified atom stereocenters. The number of aryl methyl sites for hydroxylation is 1. The predicted molar refractivity (Wildman–Crippen MR) is 120 cm³/mol. The fourth-order valence-electron chi connectivity index (χ4n) is 4.59. The SMILES string of the molecule is CCN=C(NC1CC1c1ccccc1C)N1CCC(N2CCCC2)C1.I. The van der Waals surface area contributed by atoms with Crippen LogP contribution in [0.4, 0.5) is 0 Å². The third-order valence-electron chi connectivity index (χ3n) is 6.12. The summed E-state index contributed by atoms with van der Waals surface area (Å²) in [6, 6.07) is 10.1. The van der Waals surface area contributed by atoms with Gasteiger partial charge in [-0.1, -0.05) is 24.3 Å². The van der Waals surface area contributed by atoms with Crippen LogP contribution >= 0.6 is 24.0 Å². The molecule has 3 aliphatic rings. The lowest BCUT2D eigenvalue weighted by atomic mass is 10.0. The van der Waals surface area contributed by atoms with Crippen molar-refractivity contribution in [3.8, 4) is 0 Å². The molecule has 2 saturated heterocycles. The Hall–Kier alpha value is -0.820. The molecule has 1 aliphatic carbocycles. The Morgan fingerprint density at radius 1 is 1.19 bits per heavy atom. The minimum absolute atomic E-state index is 0. The van der Waals surface area contributed by atoms with Gasteiger partial charge in [0.25, 0.3) is 0 Å². The van der Waals surface area contributed by atoms with Gasteiger partial charge in [0.15, 0.2) is 5.96 Å². The standard InChI is InChI=1S/C21H32N4.HI/c1-3-22-21(25-13-10-17(15-25)24-11-6-7-12-24)23-20-14-19(20)18-9-5-4-8-16(18)2;/h4-5,8-9,17,19-20H,3,6-7,10-15H2,1-2H3,(H,22,23);1H. The molecule has 3 fully saturated rings. The normalized spacial score (nSPS) is 28.9. The van der Waals surface area contributed by atoms with Crippen molar-refractivity contribution in [1.82, 2.24) is 15.1 Å². The lowest BCUT2D eigenvalue weighted by molar-refractivity contribution is 0.249. The van der Waals surface area contributed by atoms with E-state index in [9.17, 15) is 0 Å². The number of nitrogens with zero attached hydrogens (tertiary/aromatic N) is 3. The van der Waals surface area contributed by atoms with E-state index in [1.165, 1.54) is 49.9 Å². The number of aliphatic imine (C=N–C) groups is 1. The molecular formula is C21H33IN4. The molecule has 1 aromatic carbocycles. The van der Waals surface area contributed by atoms with E-state index in [1.54, 1.807) is 0 Å². The largest absolute Gasteiger partial charge is 0.353 e. The molecule has 5 heteroatoms. The second-order valence-electron chi connectivity index (χ2n) is 7.88. The number of rotatable bonds is 4. The van der Waals surface area contributed by atoms with Crippen molar-refractivity contribution in [2.24, 2.45) is 4.99 Å². The van der Waals surface area contributed by atoms with Crippen LogP contribution in [0.25, 0.3) is 0 Å². The third kappa shape index (κ3) is 4.35. The van der Waals surface area contributed by atoms with Crippen LogP contribution in [0, 0.1) is 6.92 Å². The first-order chi connectivity index (χ1) is 12.3. The van der Waals surface area contributed by atoms with E-state index in [4.69, 9.17) is 4.99 Å². The van der Waals surface area contributed by atoms with Crippen LogP contribution < -0.4 is 5.32 Å². The molecule has 0 aromatic heterocycles. The molecule has 0 amide bonds. The van der Waals surface area contributed by atoms with Gasteiger partial charge in [-0.05, 0) is 63.7 Å². The van der Waals surface area contributed by atoms with Gasteiger partial charge in [-0.3, -0.25) is 9.89 Å². The molecule has 144 valence electrons. The van der Waals surface area contributed by atoms with Crippen molar-refractivity contribution in [2.75, 3.05) is 32.7 Å². The molecule has 4 rings (SSSR count). The summed E-state index contributed by atoms with van der Waals surface area (Å²) in [7, 11) is 0. The Morgan fingerprint density at radius 3 is 2.69 bits per heavy atom. The Balaban J connectivity index is 0.00000196. The Morgan fingerprint density at radius 2 is 1.96 bits per heavy atom. The van der Waals surface area contributed by atoms with Gasteiger partial charge in [-0.2, -0.15) is 0 Å².